The lowest BCUT2D eigenvalue weighted by Gasteiger charge is -2.13. The Balaban J connectivity index is 1.36. The first-order chi connectivity index (χ1) is 14.6. The highest BCUT2D eigenvalue weighted by atomic mass is 32.2. The number of nitrogens with zero attached hydrogens (tertiary/aromatic N) is 2. The molecule has 0 radical (unpaired) electrons. The lowest BCUT2D eigenvalue weighted by atomic mass is 10.2. The molecule has 4 rings (SSSR count). The normalized spacial score (nSPS) is 15.1. The van der Waals surface area contributed by atoms with Crippen LogP contribution in [0.15, 0.2) is 84.0 Å². The first kappa shape index (κ1) is 19.7. The number of benzene rings is 2. The number of thioether (sulfide) groups is 1. The first-order valence-corrected chi connectivity index (χ1v) is 10.3. The first-order valence-electron chi connectivity index (χ1n) is 9.44. The zero-order chi connectivity index (χ0) is 20.9. The van der Waals surface area contributed by atoms with Gasteiger partial charge in [-0.25, -0.2) is 0 Å². The average Bonchev–Trinajstić information content (AvgIpc) is 3.39. The van der Waals surface area contributed by atoms with Gasteiger partial charge in [0.2, 0.25) is 0 Å². The van der Waals surface area contributed by atoms with Crippen molar-refractivity contribution in [1.82, 2.24) is 14.8 Å². The maximum Gasteiger partial charge on any atom is 0.293 e. The zero-order valence-corrected chi connectivity index (χ0v) is 16.8. The summed E-state index contributed by atoms with van der Waals surface area (Å²) in [7, 11) is 0. The zero-order valence-electron chi connectivity index (χ0n) is 16.0. The number of amides is 3. The van der Waals surface area contributed by atoms with Crippen LogP contribution in [0.2, 0.25) is 0 Å². The molecule has 0 aliphatic carbocycles. The van der Waals surface area contributed by atoms with Crippen LogP contribution in [0.5, 0.6) is 0 Å². The van der Waals surface area contributed by atoms with E-state index in [2.05, 4.69) is 5.32 Å². The summed E-state index contributed by atoms with van der Waals surface area (Å²) in [6.07, 6.45) is 5.51. The molecule has 1 saturated heterocycles. The summed E-state index contributed by atoms with van der Waals surface area (Å²) < 4.78 is 1.91. The number of rotatable bonds is 6. The molecule has 2 aromatic carbocycles. The standard InChI is InChI=1S/C23H19N3O3S/c27-21(18-9-6-10-19(16-18)25-12-4-5-13-25)24-11-14-26-22(28)20(30-23(26)29)15-17-7-2-1-3-8-17/h1-10,12-13,15-16H,11,14H2,(H,24,27)/b20-15-. The van der Waals surface area contributed by atoms with E-state index >= 15 is 0 Å². The van der Waals surface area contributed by atoms with E-state index in [-0.39, 0.29) is 30.1 Å². The van der Waals surface area contributed by atoms with E-state index in [9.17, 15) is 14.4 Å². The number of carbonyl (C=O) groups is 3. The Kier molecular flexibility index (Phi) is 5.81. The van der Waals surface area contributed by atoms with Crippen LogP contribution in [-0.2, 0) is 4.79 Å². The molecule has 1 fully saturated rings. The molecule has 6 nitrogen and oxygen atoms in total. The van der Waals surface area contributed by atoms with Gasteiger partial charge < -0.3 is 9.88 Å². The predicted octanol–water partition coefficient (Wildman–Crippen LogP) is 3.94. The van der Waals surface area contributed by atoms with Gasteiger partial charge in [0.15, 0.2) is 0 Å². The van der Waals surface area contributed by atoms with E-state index < -0.39 is 0 Å². The van der Waals surface area contributed by atoms with Crippen molar-refractivity contribution in [3.05, 3.63) is 95.2 Å². The van der Waals surface area contributed by atoms with Crippen molar-refractivity contribution in [2.24, 2.45) is 0 Å². The quantitative estimate of drug-likeness (QED) is 0.617. The summed E-state index contributed by atoms with van der Waals surface area (Å²) in [5.41, 5.74) is 2.25. The van der Waals surface area contributed by atoms with Gasteiger partial charge in [-0.2, -0.15) is 0 Å². The minimum Gasteiger partial charge on any atom is -0.350 e. The van der Waals surface area contributed by atoms with Crippen LogP contribution in [0.1, 0.15) is 15.9 Å². The molecule has 7 heteroatoms. The number of aromatic nitrogens is 1. The summed E-state index contributed by atoms with van der Waals surface area (Å²) in [5, 5.41) is 2.45. The van der Waals surface area contributed by atoms with Gasteiger partial charge in [-0.05, 0) is 53.7 Å². The fourth-order valence-electron chi connectivity index (χ4n) is 3.09. The largest absolute Gasteiger partial charge is 0.350 e. The molecule has 0 unspecified atom stereocenters. The second kappa shape index (κ2) is 8.84. The Morgan fingerprint density at radius 1 is 0.967 bits per heavy atom. The summed E-state index contributed by atoms with van der Waals surface area (Å²) in [6, 6.07) is 20.4. The molecule has 0 spiro atoms. The molecule has 0 bridgehead atoms. The Morgan fingerprint density at radius 3 is 2.50 bits per heavy atom. The van der Waals surface area contributed by atoms with Crippen LogP contribution in [0.3, 0.4) is 0 Å². The van der Waals surface area contributed by atoms with Crippen molar-refractivity contribution < 1.29 is 14.4 Å². The van der Waals surface area contributed by atoms with Gasteiger partial charge in [0.1, 0.15) is 0 Å². The van der Waals surface area contributed by atoms with Gasteiger partial charge in [0.25, 0.3) is 17.1 Å². The number of nitrogens with one attached hydrogen (secondary N) is 1. The van der Waals surface area contributed by atoms with Crippen LogP contribution < -0.4 is 5.32 Å². The lowest BCUT2D eigenvalue weighted by molar-refractivity contribution is -0.122. The highest BCUT2D eigenvalue weighted by Gasteiger charge is 2.34. The van der Waals surface area contributed by atoms with Crippen molar-refractivity contribution in [3.63, 3.8) is 0 Å². The maximum absolute atomic E-state index is 12.5. The SMILES string of the molecule is O=C(NCCN1C(=O)S/C(=C\c2ccccc2)C1=O)c1cccc(-n2cccc2)c1. The fourth-order valence-corrected chi connectivity index (χ4v) is 3.96. The van der Waals surface area contributed by atoms with E-state index in [4.69, 9.17) is 0 Å². The third-order valence-electron chi connectivity index (χ3n) is 4.60. The summed E-state index contributed by atoms with van der Waals surface area (Å²) in [5.74, 6) is -0.589. The molecule has 1 N–H and O–H groups in total. The van der Waals surface area contributed by atoms with Crippen molar-refractivity contribution >= 4 is 34.9 Å². The van der Waals surface area contributed by atoms with Gasteiger partial charge in [0.05, 0.1) is 4.91 Å². The molecule has 0 saturated carbocycles. The van der Waals surface area contributed by atoms with E-state index in [1.807, 2.05) is 71.6 Å². The van der Waals surface area contributed by atoms with Gasteiger partial charge in [-0.15, -0.1) is 0 Å². The van der Waals surface area contributed by atoms with Crippen LogP contribution >= 0.6 is 11.8 Å². The number of imide groups is 1. The predicted molar refractivity (Wildman–Crippen MR) is 117 cm³/mol. The van der Waals surface area contributed by atoms with Gasteiger partial charge in [-0.1, -0.05) is 36.4 Å². The summed E-state index contributed by atoms with van der Waals surface area (Å²) in [6.45, 7) is 0.309. The van der Waals surface area contributed by atoms with Crippen molar-refractivity contribution in [2.45, 2.75) is 0 Å². The Hall–Kier alpha value is -3.58. The monoisotopic (exact) mass is 417 g/mol. The maximum atomic E-state index is 12.5. The number of hydrogen-bond donors (Lipinski definition) is 1. The molecule has 3 aromatic rings. The molecule has 1 aromatic heterocycles. The molecule has 0 atom stereocenters. The average molecular weight is 417 g/mol. The van der Waals surface area contributed by atoms with E-state index in [1.54, 1.807) is 18.2 Å². The minimum atomic E-state index is -0.335. The molecular weight excluding hydrogens is 398 g/mol. The summed E-state index contributed by atoms with van der Waals surface area (Å²) in [4.78, 5) is 38.8. The van der Waals surface area contributed by atoms with Crippen LogP contribution in [-0.4, -0.2) is 39.6 Å². The summed E-state index contributed by atoms with van der Waals surface area (Å²) >= 11 is 0.915. The Morgan fingerprint density at radius 2 is 1.73 bits per heavy atom. The van der Waals surface area contributed by atoms with Crippen LogP contribution in [0, 0.1) is 0 Å². The van der Waals surface area contributed by atoms with Gasteiger partial charge in [0, 0.05) is 36.7 Å². The second-order valence-electron chi connectivity index (χ2n) is 6.64. The van der Waals surface area contributed by atoms with Crippen molar-refractivity contribution in [1.29, 1.82) is 0 Å². The Labute approximate surface area is 178 Å². The van der Waals surface area contributed by atoms with E-state index in [0.717, 1.165) is 27.9 Å². The topological polar surface area (TPSA) is 71.4 Å². The van der Waals surface area contributed by atoms with E-state index in [1.165, 1.54) is 0 Å². The van der Waals surface area contributed by atoms with Crippen LogP contribution in [0.25, 0.3) is 11.8 Å². The number of carbonyl (C=O) groups excluding carboxylic acids is 3. The van der Waals surface area contributed by atoms with Crippen molar-refractivity contribution in [2.75, 3.05) is 13.1 Å². The third-order valence-corrected chi connectivity index (χ3v) is 5.51. The number of hydrogen-bond acceptors (Lipinski definition) is 4. The molecular formula is C23H19N3O3S. The van der Waals surface area contributed by atoms with E-state index in [0.29, 0.717) is 10.5 Å². The van der Waals surface area contributed by atoms with Gasteiger partial charge >= 0.3 is 0 Å². The molecule has 1 aliphatic rings. The molecule has 2 heterocycles. The Bertz CT molecular complexity index is 1110. The molecule has 1 aliphatic heterocycles. The van der Waals surface area contributed by atoms with Crippen molar-refractivity contribution in [3.8, 4) is 5.69 Å². The van der Waals surface area contributed by atoms with Gasteiger partial charge in [-0.3, -0.25) is 19.3 Å². The smallest absolute Gasteiger partial charge is 0.293 e. The molecule has 3 amide bonds. The third kappa shape index (κ3) is 4.36. The molecule has 150 valence electrons. The fraction of sp³-hybridized carbons (Fsp3) is 0.0870. The lowest BCUT2D eigenvalue weighted by Crippen LogP contribution is -2.37. The molecule has 30 heavy (non-hydrogen) atoms. The highest BCUT2D eigenvalue weighted by molar-refractivity contribution is 8.18. The minimum absolute atomic E-state index is 0.125. The second-order valence-corrected chi connectivity index (χ2v) is 7.63. The van der Waals surface area contributed by atoms with Crippen LogP contribution in [0.4, 0.5) is 4.79 Å². The highest BCUT2D eigenvalue weighted by Crippen LogP contribution is 2.31.